The van der Waals surface area contributed by atoms with Crippen LogP contribution in [0.25, 0.3) is 0 Å². The Morgan fingerprint density at radius 2 is 1.92 bits per heavy atom. The van der Waals surface area contributed by atoms with Gasteiger partial charge in [-0.15, -0.1) is 0 Å². The largest absolute Gasteiger partial charge is 0.450 e. The summed E-state index contributed by atoms with van der Waals surface area (Å²) in [5.74, 6) is 0.724. The Morgan fingerprint density at radius 3 is 2.50 bits per heavy atom. The van der Waals surface area contributed by atoms with E-state index in [9.17, 15) is 13.2 Å². The lowest BCUT2D eigenvalue weighted by atomic mass is 10.1. The SMILES string of the molecule is CCNC(=NCCOCCS(C)(=O)=O)NC1CCN(C(=O)OCC)CC1. The van der Waals surface area contributed by atoms with Gasteiger partial charge in [0.25, 0.3) is 0 Å². The fourth-order valence-corrected chi connectivity index (χ4v) is 2.89. The normalized spacial score (nSPS) is 16.4. The van der Waals surface area contributed by atoms with Crippen LogP contribution in [0.3, 0.4) is 0 Å². The number of likely N-dealkylation sites (tertiary alicyclic amines) is 1. The summed E-state index contributed by atoms with van der Waals surface area (Å²) in [5, 5.41) is 6.55. The van der Waals surface area contributed by atoms with E-state index in [1.54, 1.807) is 11.8 Å². The Labute approximate surface area is 156 Å². The highest BCUT2D eigenvalue weighted by atomic mass is 32.2. The number of carbonyl (C=O) groups excluding carboxylic acids is 1. The summed E-state index contributed by atoms with van der Waals surface area (Å²) in [6.07, 6.45) is 2.59. The van der Waals surface area contributed by atoms with Crippen molar-refractivity contribution in [3.8, 4) is 0 Å². The number of sulfone groups is 1. The summed E-state index contributed by atoms with van der Waals surface area (Å²) in [6.45, 7) is 7.23. The Balaban J connectivity index is 2.33. The Kier molecular flexibility index (Phi) is 10.3. The second-order valence-electron chi connectivity index (χ2n) is 6.11. The second-order valence-corrected chi connectivity index (χ2v) is 8.37. The maximum atomic E-state index is 11.7. The summed E-state index contributed by atoms with van der Waals surface area (Å²) in [5.41, 5.74) is 0. The first-order valence-electron chi connectivity index (χ1n) is 9.07. The number of aliphatic imine (C=N–C) groups is 1. The molecule has 0 aromatic carbocycles. The fraction of sp³-hybridized carbons (Fsp3) is 0.875. The third-order valence-electron chi connectivity index (χ3n) is 3.81. The molecule has 1 heterocycles. The molecule has 0 aliphatic carbocycles. The summed E-state index contributed by atoms with van der Waals surface area (Å²) in [6, 6.07) is 0.240. The minimum atomic E-state index is -2.99. The van der Waals surface area contributed by atoms with E-state index in [-0.39, 0.29) is 24.5 Å². The summed E-state index contributed by atoms with van der Waals surface area (Å²) in [7, 11) is -2.99. The third-order valence-corrected chi connectivity index (χ3v) is 4.72. The number of amides is 1. The highest BCUT2D eigenvalue weighted by Gasteiger charge is 2.23. The fourth-order valence-electron chi connectivity index (χ4n) is 2.47. The average molecular weight is 393 g/mol. The molecule has 0 saturated carbocycles. The number of nitrogens with one attached hydrogen (secondary N) is 2. The van der Waals surface area contributed by atoms with Gasteiger partial charge in [0.1, 0.15) is 9.84 Å². The minimum absolute atomic E-state index is 0.0219. The van der Waals surface area contributed by atoms with E-state index in [0.29, 0.717) is 38.8 Å². The van der Waals surface area contributed by atoms with Crippen LogP contribution in [-0.2, 0) is 19.3 Å². The molecular weight excluding hydrogens is 360 g/mol. The zero-order valence-electron chi connectivity index (χ0n) is 16.0. The third kappa shape index (κ3) is 9.81. The summed E-state index contributed by atoms with van der Waals surface area (Å²) < 4.78 is 32.4. The molecule has 26 heavy (non-hydrogen) atoms. The zero-order valence-corrected chi connectivity index (χ0v) is 16.8. The lowest BCUT2D eigenvalue weighted by Crippen LogP contribution is -2.50. The van der Waals surface area contributed by atoms with Crippen LogP contribution in [-0.4, -0.2) is 89.4 Å². The molecule has 9 nitrogen and oxygen atoms in total. The average Bonchev–Trinajstić information content (AvgIpc) is 2.58. The standard InChI is InChI=1S/C16H32N4O5S/c1-4-17-15(18-8-11-24-12-13-26(3,22)23)19-14-6-9-20(10-7-14)16(21)25-5-2/h14H,4-13H2,1-3H3,(H2,17,18,19). The molecule has 1 aliphatic rings. The molecule has 0 radical (unpaired) electrons. The van der Waals surface area contributed by atoms with Gasteiger partial charge in [0, 0.05) is 31.9 Å². The number of ether oxygens (including phenoxy) is 2. The molecule has 0 atom stereocenters. The number of nitrogens with zero attached hydrogens (tertiary/aromatic N) is 2. The van der Waals surface area contributed by atoms with Gasteiger partial charge in [0.15, 0.2) is 5.96 Å². The van der Waals surface area contributed by atoms with E-state index >= 15 is 0 Å². The summed E-state index contributed by atoms with van der Waals surface area (Å²) in [4.78, 5) is 17.9. The minimum Gasteiger partial charge on any atom is -0.450 e. The zero-order chi connectivity index (χ0) is 19.4. The van der Waals surface area contributed by atoms with Crippen LogP contribution in [0.5, 0.6) is 0 Å². The van der Waals surface area contributed by atoms with Crippen LogP contribution in [0.1, 0.15) is 26.7 Å². The van der Waals surface area contributed by atoms with Crippen molar-refractivity contribution < 1.29 is 22.7 Å². The maximum Gasteiger partial charge on any atom is 0.409 e. The van der Waals surface area contributed by atoms with E-state index in [4.69, 9.17) is 9.47 Å². The van der Waals surface area contributed by atoms with E-state index in [1.807, 2.05) is 6.92 Å². The van der Waals surface area contributed by atoms with Crippen LogP contribution in [0, 0.1) is 0 Å². The first-order valence-corrected chi connectivity index (χ1v) is 11.1. The highest BCUT2D eigenvalue weighted by Crippen LogP contribution is 2.11. The quantitative estimate of drug-likeness (QED) is 0.328. The molecule has 2 N–H and O–H groups in total. The summed E-state index contributed by atoms with van der Waals surface area (Å²) >= 11 is 0. The molecule has 1 amide bonds. The van der Waals surface area contributed by atoms with E-state index in [1.165, 1.54) is 6.26 Å². The van der Waals surface area contributed by atoms with Gasteiger partial charge in [0.05, 0.1) is 32.1 Å². The highest BCUT2D eigenvalue weighted by molar-refractivity contribution is 7.90. The van der Waals surface area contributed by atoms with Crippen molar-refractivity contribution in [2.75, 3.05) is 58.0 Å². The smallest absolute Gasteiger partial charge is 0.409 e. The molecule has 0 aromatic rings. The van der Waals surface area contributed by atoms with Crippen molar-refractivity contribution >= 4 is 21.9 Å². The van der Waals surface area contributed by atoms with Gasteiger partial charge in [-0.2, -0.15) is 0 Å². The van der Waals surface area contributed by atoms with Gasteiger partial charge in [-0.25, -0.2) is 13.2 Å². The van der Waals surface area contributed by atoms with Gasteiger partial charge in [0.2, 0.25) is 0 Å². The number of hydrogen-bond donors (Lipinski definition) is 2. The van der Waals surface area contributed by atoms with Gasteiger partial charge in [-0.1, -0.05) is 0 Å². The number of carbonyl (C=O) groups is 1. The Morgan fingerprint density at radius 1 is 1.23 bits per heavy atom. The van der Waals surface area contributed by atoms with Gasteiger partial charge in [-0.3, -0.25) is 4.99 Å². The van der Waals surface area contributed by atoms with Crippen molar-refractivity contribution in [3.05, 3.63) is 0 Å². The first kappa shape index (κ1) is 22.5. The molecule has 0 bridgehead atoms. The van der Waals surface area contributed by atoms with Crippen molar-refractivity contribution in [2.24, 2.45) is 4.99 Å². The maximum absolute atomic E-state index is 11.7. The van der Waals surface area contributed by atoms with Crippen molar-refractivity contribution in [1.29, 1.82) is 0 Å². The molecule has 1 aliphatic heterocycles. The predicted octanol–water partition coefficient (Wildman–Crippen LogP) is 0.224. The molecule has 0 spiro atoms. The molecule has 10 heteroatoms. The predicted molar refractivity (Wildman–Crippen MR) is 101 cm³/mol. The molecule has 0 aromatic heterocycles. The molecule has 1 saturated heterocycles. The van der Waals surface area contributed by atoms with E-state index in [0.717, 1.165) is 19.4 Å². The van der Waals surface area contributed by atoms with E-state index in [2.05, 4.69) is 15.6 Å². The first-order chi connectivity index (χ1) is 12.4. The Bertz CT molecular complexity index is 545. The van der Waals surface area contributed by atoms with E-state index < -0.39 is 9.84 Å². The molecular formula is C16H32N4O5S. The van der Waals surface area contributed by atoms with Gasteiger partial charge >= 0.3 is 6.09 Å². The lowest BCUT2D eigenvalue weighted by molar-refractivity contribution is 0.0963. The van der Waals surface area contributed by atoms with Gasteiger partial charge in [-0.05, 0) is 26.7 Å². The number of rotatable bonds is 9. The monoisotopic (exact) mass is 392 g/mol. The van der Waals surface area contributed by atoms with Crippen molar-refractivity contribution in [3.63, 3.8) is 0 Å². The molecule has 1 rings (SSSR count). The number of piperidine rings is 1. The van der Waals surface area contributed by atoms with Gasteiger partial charge < -0.3 is 25.0 Å². The van der Waals surface area contributed by atoms with Crippen molar-refractivity contribution in [2.45, 2.75) is 32.7 Å². The van der Waals surface area contributed by atoms with Crippen LogP contribution in [0.4, 0.5) is 4.79 Å². The lowest BCUT2D eigenvalue weighted by Gasteiger charge is -2.32. The molecule has 1 fully saturated rings. The van der Waals surface area contributed by atoms with Crippen molar-refractivity contribution in [1.82, 2.24) is 15.5 Å². The number of hydrogen-bond acceptors (Lipinski definition) is 6. The van der Waals surface area contributed by atoms with Crippen LogP contribution in [0.2, 0.25) is 0 Å². The van der Waals surface area contributed by atoms with Crippen LogP contribution in [0.15, 0.2) is 4.99 Å². The van der Waals surface area contributed by atoms with Crippen LogP contribution < -0.4 is 10.6 Å². The Hall–Kier alpha value is -1.55. The second kappa shape index (κ2) is 11.9. The van der Waals surface area contributed by atoms with Crippen LogP contribution >= 0.6 is 0 Å². The topological polar surface area (TPSA) is 109 Å². The molecule has 0 unspecified atom stereocenters. The molecule has 152 valence electrons. The number of guanidine groups is 1.